The van der Waals surface area contributed by atoms with Crippen molar-refractivity contribution in [1.29, 1.82) is 0 Å². The molecule has 9 heteroatoms. The third kappa shape index (κ3) is 4.04. The standard InChI is InChI=1S/C23H26F2N4O3/c1-13(2)21-20-19(28-9-8-15(25)10-17(28)12-32-3)11-18(23(30)31)26-22(20)29(27-21)16-6-4-14(24)5-7-16/h4-7,11,13,15,17H,8-10,12H2,1-3H3,(H,30,31). The molecule has 4 rings (SSSR count). The third-order valence-corrected chi connectivity index (χ3v) is 5.80. The molecule has 0 radical (unpaired) electrons. The van der Waals surface area contributed by atoms with Crippen LogP contribution in [0.4, 0.5) is 14.5 Å². The van der Waals surface area contributed by atoms with E-state index in [0.29, 0.717) is 48.4 Å². The van der Waals surface area contributed by atoms with E-state index in [1.54, 1.807) is 23.9 Å². The Bertz CT molecular complexity index is 1130. The number of anilines is 1. The highest BCUT2D eigenvalue weighted by molar-refractivity contribution is 5.98. The molecule has 0 aliphatic carbocycles. The Morgan fingerprint density at radius 2 is 2.03 bits per heavy atom. The van der Waals surface area contributed by atoms with Crippen molar-refractivity contribution in [2.75, 3.05) is 25.2 Å². The number of carbonyl (C=O) groups is 1. The number of halogens is 2. The molecule has 0 saturated carbocycles. The van der Waals surface area contributed by atoms with Crippen molar-refractivity contribution in [2.45, 2.75) is 44.8 Å². The highest BCUT2D eigenvalue weighted by Gasteiger charge is 2.32. The molecule has 3 heterocycles. The Kier molecular flexibility index (Phi) is 6.10. The third-order valence-electron chi connectivity index (χ3n) is 5.80. The topological polar surface area (TPSA) is 80.5 Å². The number of alkyl halides is 1. The monoisotopic (exact) mass is 444 g/mol. The number of carboxylic acids is 1. The van der Waals surface area contributed by atoms with Crippen LogP contribution in [-0.2, 0) is 4.74 Å². The molecule has 32 heavy (non-hydrogen) atoms. The van der Waals surface area contributed by atoms with Gasteiger partial charge in [-0.05, 0) is 42.7 Å². The van der Waals surface area contributed by atoms with E-state index in [-0.39, 0.29) is 23.5 Å². The highest BCUT2D eigenvalue weighted by atomic mass is 19.1. The fourth-order valence-corrected chi connectivity index (χ4v) is 4.29. The summed E-state index contributed by atoms with van der Waals surface area (Å²) in [6.45, 7) is 4.72. The first-order valence-corrected chi connectivity index (χ1v) is 10.6. The number of aromatic carboxylic acids is 1. The van der Waals surface area contributed by atoms with Gasteiger partial charge < -0.3 is 14.7 Å². The summed E-state index contributed by atoms with van der Waals surface area (Å²) in [5.41, 5.74) is 2.19. The Labute approximate surface area is 184 Å². The summed E-state index contributed by atoms with van der Waals surface area (Å²) in [4.78, 5) is 18.3. The van der Waals surface area contributed by atoms with E-state index in [4.69, 9.17) is 9.84 Å². The van der Waals surface area contributed by atoms with Crippen molar-refractivity contribution in [1.82, 2.24) is 14.8 Å². The predicted molar refractivity (Wildman–Crippen MR) is 117 cm³/mol. The smallest absolute Gasteiger partial charge is 0.354 e. The van der Waals surface area contributed by atoms with E-state index in [9.17, 15) is 18.7 Å². The summed E-state index contributed by atoms with van der Waals surface area (Å²) in [5.74, 6) is -1.55. The molecule has 2 aromatic heterocycles. The molecule has 3 aromatic rings. The molecule has 0 spiro atoms. The fraction of sp³-hybridized carbons (Fsp3) is 0.435. The van der Waals surface area contributed by atoms with Gasteiger partial charge in [0.05, 0.1) is 35.1 Å². The Morgan fingerprint density at radius 1 is 1.31 bits per heavy atom. The Hall–Kier alpha value is -3.07. The van der Waals surface area contributed by atoms with Crippen molar-refractivity contribution in [2.24, 2.45) is 0 Å². The maximum absolute atomic E-state index is 14.2. The molecule has 1 fully saturated rings. The van der Waals surface area contributed by atoms with Gasteiger partial charge in [0.2, 0.25) is 0 Å². The minimum absolute atomic E-state index is 0.00927. The lowest BCUT2D eigenvalue weighted by Gasteiger charge is -2.39. The van der Waals surface area contributed by atoms with Crippen LogP contribution in [0.1, 0.15) is 48.8 Å². The summed E-state index contributed by atoms with van der Waals surface area (Å²) < 4.78 is 34.6. The molecule has 1 aromatic carbocycles. The summed E-state index contributed by atoms with van der Waals surface area (Å²) >= 11 is 0. The van der Waals surface area contributed by atoms with E-state index >= 15 is 0 Å². The molecule has 1 aliphatic heterocycles. The second kappa shape index (κ2) is 8.82. The van der Waals surface area contributed by atoms with Gasteiger partial charge >= 0.3 is 5.97 Å². The number of pyridine rings is 1. The number of rotatable bonds is 6. The SMILES string of the molecule is COCC1CC(F)CCN1c1cc(C(=O)O)nc2c1c(C(C)C)nn2-c1ccc(F)cc1. The van der Waals surface area contributed by atoms with Gasteiger partial charge in [0.15, 0.2) is 11.3 Å². The van der Waals surface area contributed by atoms with Crippen molar-refractivity contribution < 1.29 is 23.4 Å². The first-order valence-electron chi connectivity index (χ1n) is 10.6. The molecule has 2 atom stereocenters. The lowest BCUT2D eigenvalue weighted by molar-refractivity contribution is 0.0690. The Morgan fingerprint density at radius 3 is 2.66 bits per heavy atom. The number of hydrogen-bond donors (Lipinski definition) is 1. The first-order chi connectivity index (χ1) is 15.3. The molecular formula is C23H26F2N4O3. The summed E-state index contributed by atoms with van der Waals surface area (Å²) in [6.07, 6.45) is -0.298. The van der Waals surface area contributed by atoms with Gasteiger partial charge in [0.25, 0.3) is 0 Å². The zero-order chi connectivity index (χ0) is 23.0. The van der Waals surface area contributed by atoms with Crippen LogP contribution in [-0.4, -0.2) is 58.3 Å². The van der Waals surface area contributed by atoms with Crippen molar-refractivity contribution >= 4 is 22.7 Å². The lowest BCUT2D eigenvalue weighted by Crippen LogP contribution is -2.46. The number of piperidine rings is 1. The molecule has 7 nitrogen and oxygen atoms in total. The molecular weight excluding hydrogens is 418 g/mol. The molecule has 0 amide bonds. The van der Waals surface area contributed by atoms with E-state index in [1.807, 2.05) is 18.7 Å². The van der Waals surface area contributed by atoms with Crippen LogP contribution in [0.3, 0.4) is 0 Å². The molecule has 1 aliphatic rings. The maximum Gasteiger partial charge on any atom is 0.354 e. The van der Waals surface area contributed by atoms with Crippen molar-refractivity contribution in [3.63, 3.8) is 0 Å². The van der Waals surface area contributed by atoms with E-state index < -0.39 is 12.1 Å². The van der Waals surface area contributed by atoms with Gasteiger partial charge in [-0.25, -0.2) is 23.2 Å². The molecule has 1 saturated heterocycles. The normalized spacial score (nSPS) is 19.1. The number of ether oxygens (including phenoxy) is 1. The van der Waals surface area contributed by atoms with Crippen LogP contribution in [0, 0.1) is 5.82 Å². The first kappa shape index (κ1) is 22.1. The maximum atomic E-state index is 14.2. The second-order valence-electron chi connectivity index (χ2n) is 8.38. The second-order valence-corrected chi connectivity index (χ2v) is 8.38. The largest absolute Gasteiger partial charge is 0.477 e. The van der Waals surface area contributed by atoms with Crippen LogP contribution in [0.2, 0.25) is 0 Å². The van der Waals surface area contributed by atoms with Crippen molar-refractivity contribution in [3.8, 4) is 5.69 Å². The van der Waals surface area contributed by atoms with Gasteiger partial charge in [-0.15, -0.1) is 0 Å². The van der Waals surface area contributed by atoms with Crippen LogP contribution in [0.25, 0.3) is 16.7 Å². The van der Waals surface area contributed by atoms with Gasteiger partial charge in [0.1, 0.15) is 12.0 Å². The number of fused-ring (bicyclic) bond motifs is 1. The molecule has 0 bridgehead atoms. The van der Waals surface area contributed by atoms with Gasteiger partial charge in [-0.3, -0.25) is 0 Å². The lowest BCUT2D eigenvalue weighted by atomic mass is 9.98. The Balaban J connectivity index is 1.99. The van der Waals surface area contributed by atoms with Gasteiger partial charge in [0, 0.05) is 20.1 Å². The zero-order valence-electron chi connectivity index (χ0n) is 18.3. The summed E-state index contributed by atoms with van der Waals surface area (Å²) in [5, 5.41) is 15.2. The quantitative estimate of drug-likeness (QED) is 0.610. The van der Waals surface area contributed by atoms with Crippen molar-refractivity contribution in [3.05, 3.63) is 47.5 Å². The number of carboxylic acid groups (broad SMARTS) is 1. The summed E-state index contributed by atoms with van der Waals surface area (Å²) in [7, 11) is 1.57. The van der Waals surface area contributed by atoms with Crippen LogP contribution in [0.15, 0.2) is 30.3 Å². The average molecular weight is 444 g/mol. The van der Waals surface area contributed by atoms with Crippen LogP contribution < -0.4 is 4.90 Å². The fourth-order valence-electron chi connectivity index (χ4n) is 4.29. The van der Waals surface area contributed by atoms with Gasteiger partial charge in [-0.1, -0.05) is 13.8 Å². The number of benzene rings is 1. The van der Waals surface area contributed by atoms with E-state index in [0.717, 1.165) is 5.69 Å². The molecule has 2 unspecified atom stereocenters. The molecule has 170 valence electrons. The number of methoxy groups -OCH3 is 1. The minimum Gasteiger partial charge on any atom is -0.477 e. The van der Waals surface area contributed by atoms with Crippen LogP contribution >= 0.6 is 0 Å². The number of aromatic nitrogens is 3. The number of hydrogen-bond acceptors (Lipinski definition) is 5. The highest BCUT2D eigenvalue weighted by Crippen LogP contribution is 2.37. The minimum atomic E-state index is -1.17. The predicted octanol–water partition coefficient (Wildman–Crippen LogP) is 4.33. The van der Waals surface area contributed by atoms with Gasteiger partial charge in [-0.2, -0.15) is 5.10 Å². The zero-order valence-corrected chi connectivity index (χ0v) is 18.3. The average Bonchev–Trinajstić information content (AvgIpc) is 3.14. The van der Waals surface area contributed by atoms with E-state index in [1.165, 1.54) is 18.2 Å². The number of nitrogens with zero attached hydrogens (tertiary/aromatic N) is 4. The van der Waals surface area contributed by atoms with Crippen LogP contribution in [0.5, 0.6) is 0 Å². The molecule has 1 N–H and O–H groups in total. The summed E-state index contributed by atoms with van der Waals surface area (Å²) in [6, 6.07) is 7.08. The van der Waals surface area contributed by atoms with E-state index in [2.05, 4.69) is 4.98 Å².